The molecule has 7 heteroatoms. The first-order valence-corrected chi connectivity index (χ1v) is 18.7. The Morgan fingerprint density at radius 2 is 0.576 bits per heavy atom. The summed E-state index contributed by atoms with van der Waals surface area (Å²) in [5, 5.41) is 16.3. The van der Waals surface area contributed by atoms with E-state index in [2.05, 4.69) is 41.5 Å². The first-order chi connectivity index (χ1) is 14.9. The summed E-state index contributed by atoms with van der Waals surface area (Å²) in [5.74, 6) is 0.880. The fraction of sp³-hybridized carbons (Fsp3) is 1.00. The van der Waals surface area contributed by atoms with Crippen LogP contribution in [0.1, 0.15) is 108 Å². The predicted molar refractivity (Wildman–Crippen MR) is 150 cm³/mol. The standard InChI is InChI=1S/2C9H22OSi.2C4H10O.Zr/c2*1-4-7-11(10,8-5-2)9-6-3;2*1-4(2)3-5;/h2*10H,4-9H2,1-3H3;2*4-5H,3H2,1-2H3;. The summed E-state index contributed by atoms with van der Waals surface area (Å²) in [4.78, 5) is 20.3. The first-order valence-electron chi connectivity index (χ1n) is 13.6. The van der Waals surface area contributed by atoms with E-state index in [-0.39, 0.29) is 26.2 Å². The molecule has 0 unspecified atom stereocenters. The van der Waals surface area contributed by atoms with Gasteiger partial charge in [-0.15, -0.1) is 0 Å². The Balaban J connectivity index is -0.000000112. The van der Waals surface area contributed by atoms with E-state index in [1.54, 1.807) is 0 Å². The van der Waals surface area contributed by atoms with Crippen LogP contribution >= 0.6 is 0 Å². The van der Waals surface area contributed by atoms with Gasteiger partial charge in [0.05, 0.1) is 0 Å². The molecule has 0 aromatic rings. The minimum atomic E-state index is -1.75. The van der Waals surface area contributed by atoms with E-state index in [1.165, 1.54) is 0 Å². The van der Waals surface area contributed by atoms with E-state index >= 15 is 0 Å². The van der Waals surface area contributed by atoms with Crippen LogP contribution in [0.15, 0.2) is 0 Å². The van der Waals surface area contributed by atoms with E-state index in [9.17, 15) is 9.59 Å². The van der Waals surface area contributed by atoms with Gasteiger partial charge in [0.25, 0.3) is 0 Å². The molecule has 204 valence electrons. The zero-order valence-corrected chi connectivity index (χ0v) is 28.8. The molecule has 0 aromatic heterocycles. The third kappa shape index (κ3) is 37.9. The molecule has 4 N–H and O–H groups in total. The number of rotatable bonds is 14. The second kappa shape index (κ2) is 31.2. The molecule has 0 amide bonds. The largest absolute Gasteiger partial charge is 0.432 e. The zero-order chi connectivity index (χ0) is 26.1. The molecule has 0 atom stereocenters. The van der Waals surface area contributed by atoms with Crippen LogP contribution in [0, 0.1) is 11.8 Å². The molecule has 0 radical (unpaired) electrons. The Labute approximate surface area is 230 Å². The van der Waals surface area contributed by atoms with Crippen molar-refractivity contribution in [2.24, 2.45) is 11.8 Å². The molecule has 0 spiro atoms. The number of hydrogen-bond acceptors (Lipinski definition) is 4. The maximum atomic E-state index is 10.2. The van der Waals surface area contributed by atoms with Gasteiger partial charge in [-0.2, -0.15) is 0 Å². The van der Waals surface area contributed by atoms with Gasteiger partial charge in [-0.3, -0.25) is 0 Å². The van der Waals surface area contributed by atoms with Crippen LogP contribution in [-0.2, 0) is 26.2 Å². The van der Waals surface area contributed by atoms with Crippen molar-refractivity contribution in [1.29, 1.82) is 0 Å². The molecule has 4 nitrogen and oxygen atoms in total. The third-order valence-electron chi connectivity index (χ3n) is 5.02. The molecule has 0 aromatic carbocycles. The van der Waals surface area contributed by atoms with Gasteiger partial charge >= 0.3 is 0 Å². The minimum Gasteiger partial charge on any atom is -0.432 e. The maximum absolute atomic E-state index is 10.2. The molecule has 0 saturated heterocycles. The van der Waals surface area contributed by atoms with E-state index < -0.39 is 16.6 Å². The van der Waals surface area contributed by atoms with Crippen molar-refractivity contribution in [3.8, 4) is 0 Å². The summed E-state index contributed by atoms with van der Waals surface area (Å²) in [6.45, 7) is 21.5. The average molecular weight is 588 g/mol. The summed E-state index contributed by atoms with van der Waals surface area (Å²) in [5.41, 5.74) is 0. The van der Waals surface area contributed by atoms with Gasteiger partial charge in [-0.05, 0) is 48.1 Å². The van der Waals surface area contributed by atoms with Gasteiger partial charge in [0, 0.05) is 39.4 Å². The van der Waals surface area contributed by atoms with Gasteiger partial charge in [0.2, 0.25) is 0 Å². The number of hydrogen-bond donors (Lipinski definition) is 4. The summed E-state index contributed by atoms with van der Waals surface area (Å²) < 4.78 is 0. The molecular formula is C26H64O4Si2Zr. The van der Waals surface area contributed by atoms with E-state index in [4.69, 9.17) is 10.2 Å². The molecule has 0 fully saturated rings. The van der Waals surface area contributed by atoms with Crippen LogP contribution in [0.5, 0.6) is 0 Å². The molecular weight excluding hydrogens is 524 g/mol. The molecule has 0 aliphatic rings. The second-order valence-corrected chi connectivity index (χ2v) is 18.0. The number of aliphatic hydroxyl groups excluding tert-OH is 2. The molecule has 33 heavy (non-hydrogen) atoms. The first kappa shape index (κ1) is 44.2. The predicted octanol–water partition coefficient (Wildman–Crippen LogP) is 7.58. The second-order valence-electron chi connectivity index (χ2n) is 10.1. The summed E-state index contributed by atoms with van der Waals surface area (Å²) in [7, 11) is -3.50. The normalized spacial score (nSPS) is 10.9. The SMILES string of the molecule is CC(C)CO.CC(C)CO.CCC[Si](O)(CCC)CCC.CCC[Si](O)(CCC)CCC.[Zr]. The fourth-order valence-electron chi connectivity index (χ4n) is 3.54. The van der Waals surface area contributed by atoms with Crippen LogP contribution in [0.4, 0.5) is 0 Å². The summed E-state index contributed by atoms with van der Waals surface area (Å²) in [6, 6.07) is 6.64. The Morgan fingerprint density at radius 3 is 0.636 bits per heavy atom. The Morgan fingerprint density at radius 1 is 0.455 bits per heavy atom. The van der Waals surface area contributed by atoms with Crippen molar-refractivity contribution >= 4 is 16.6 Å². The minimum absolute atomic E-state index is 0. The van der Waals surface area contributed by atoms with Crippen LogP contribution in [0.25, 0.3) is 0 Å². The molecule has 0 bridgehead atoms. The topological polar surface area (TPSA) is 80.9 Å². The van der Waals surface area contributed by atoms with Gasteiger partial charge in [-0.1, -0.05) is 108 Å². The van der Waals surface area contributed by atoms with Crippen molar-refractivity contribution in [3.05, 3.63) is 0 Å². The van der Waals surface area contributed by atoms with Gasteiger partial charge in [0.15, 0.2) is 16.6 Å². The smallest absolute Gasteiger partial charge is 0.188 e. The summed E-state index contributed by atoms with van der Waals surface area (Å²) in [6.07, 6.45) is 6.93. The van der Waals surface area contributed by atoms with Crippen molar-refractivity contribution in [2.75, 3.05) is 13.2 Å². The molecule has 0 aliphatic carbocycles. The zero-order valence-electron chi connectivity index (χ0n) is 24.3. The van der Waals surface area contributed by atoms with Gasteiger partial charge in [0.1, 0.15) is 0 Å². The van der Waals surface area contributed by atoms with Crippen LogP contribution in [-0.4, -0.2) is 49.7 Å². The molecule has 0 rings (SSSR count). The Hall–Kier alpha value is 1.16. The van der Waals surface area contributed by atoms with Crippen LogP contribution < -0.4 is 0 Å². The van der Waals surface area contributed by atoms with E-state index in [0.29, 0.717) is 25.0 Å². The molecule has 0 aliphatic heterocycles. The van der Waals surface area contributed by atoms with Crippen molar-refractivity contribution in [1.82, 2.24) is 0 Å². The van der Waals surface area contributed by atoms with Gasteiger partial charge < -0.3 is 19.8 Å². The Bertz CT molecular complexity index is 280. The van der Waals surface area contributed by atoms with Crippen LogP contribution in [0.2, 0.25) is 36.3 Å². The molecule has 0 saturated carbocycles. The summed E-state index contributed by atoms with van der Waals surface area (Å²) >= 11 is 0. The van der Waals surface area contributed by atoms with E-state index in [0.717, 1.165) is 74.8 Å². The van der Waals surface area contributed by atoms with Gasteiger partial charge in [-0.25, -0.2) is 0 Å². The van der Waals surface area contributed by atoms with Crippen molar-refractivity contribution < 1.29 is 46.0 Å². The monoisotopic (exact) mass is 586 g/mol. The maximum Gasteiger partial charge on any atom is 0.188 e. The quantitative estimate of drug-likeness (QED) is 0.158. The average Bonchev–Trinajstić information content (AvgIpc) is 2.70. The van der Waals surface area contributed by atoms with E-state index in [1.807, 2.05) is 27.7 Å². The number of aliphatic hydroxyl groups is 2. The van der Waals surface area contributed by atoms with Crippen molar-refractivity contribution in [3.63, 3.8) is 0 Å². The fourth-order valence-corrected chi connectivity index (χ4v) is 10.6. The van der Waals surface area contributed by atoms with Crippen molar-refractivity contribution in [2.45, 2.75) is 144 Å². The van der Waals surface area contributed by atoms with Crippen LogP contribution in [0.3, 0.4) is 0 Å². The molecule has 0 heterocycles. The Kier molecular flexibility index (Phi) is 41.7. The third-order valence-corrected chi connectivity index (χ3v) is 13.6.